The maximum atomic E-state index is 12.4. The van der Waals surface area contributed by atoms with Gasteiger partial charge in [-0.25, -0.2) is 8.42 Å². The molecule has 0 aliphatic rings. The number of para-hydroxylation sites is 1. The Morgan fingerprint density at radius 3 is 2.52 bits per heavy atom. The van der Waals surface area contributed by atoms with E-state index in [1.807, 2.05) is 13.8 Å². The number of aliphatic hydroxyl groups is 1. The Balaban J connectivity index is 2.38. The number of nitrogens with one attached hydrogen (secondary N) is 1. The molecule has 0 atom stereocenters. The van der Waals surface area contributed by atoms with Crippen molar-refractivity contribution in [2.45, 2.75) is 31.4 Å². The number of aromatic nitrogens is 1. The lowest BCUT2D eigenvalue weighted by molar-refractivity contribution is 0.268. The third-order valence-corrected chi connectivity index (χ3v) is 5.08. The molecule has 0 unspecified atom stereocenters. The summed E-state index contributed by atoms with van der Waals surface area (Å²) < 4.78 is 29.8. The van der Waals surface area contributed by atoms with Crippen LogP contribution in [0.1, 0.15) is 25.6 Å². The van der Waals surface area contributed by atoms with Gasteiger partial charge in [0.1, 0.15) is 4.90 Å². The molecule has 2 N–H and O–H groups in total. The highest BCUT2D eigenvalue weighted by atomic mass is 79.9. The second-order valence-corrected chi connectivity index (χ2v) is 7.45. The van der Waals surface area contributed by atoms with Gasteiger partial charge < -0.3 is 9.67 Å². The van der Waals surface area contributed by atoms with Gasteiger partial charge in [-0.05, 0) is 48.0 Å². The summed E-state index contributed by atoms with van der Waals surface area (Å²) in [4.78, 5) is 0.135. The summed E-state index contributed by atoms with van der Waals surface area (Å²) in [5.41, 5.74) is 1.04. The van der Waals surface area contributed by atoms with Crippen LogP contribution in [0.4, 0.5) is 5.69 Å². The Morgan fingerprint density at radius 2 is 2.00 bits per heavy atom. The van der Waals surface area contributed by atoms with E-state index in [1.54, 1.807) is 28.8 Å². The summed E-state index contributed by atoms with van der Waals surface area (Å²) in [5, 5.41) is 9.34. The van der Waals surface area contributed by atoms with Crippen LogP contribution in [0.15, 0.2) is 45.9 Å². The molecule has 0 saturated carbocycles. The van der Waals surface area contributed by atoms with Crippen molar-refractivity contribution < 1.29 is 13.5 Å². The van der Waals surface area contributed by atoms with Gasteiger partial charge in [0.25, 0.3) is 10.0 Å². The number of halogens is 1. The van der Waals surface area contributed by atoms with Gasteiger partial charge in [0, 0.05) is 22.4 Å². The number of hydrogen-bond donors (Lipinski definition) is 2. The van der Waals surface area contributed by atoms with Crippen molar-refractivity contribution in [3.8, 4) is 0 Å². The van der Waals surface area contributed by atoms with Gasteiger partial charge in [0.15, 0.2) is 0 Å². The van der Waals surface area contributed by atoms with E-state index in [-0.39, 0.29) is 17.5 Å². The molecule has 114 valence electrons. The van der Waals surface area contributed by atoms with E-state index in [1.165, 1.54) is 12.3 Å². The molecular formula is C14H17BrN2O3S. The lowest BCUT2D eigenvalue weighted by Crippen LogP contribution is -2.12. The first-order valence-corrected chi connectivity index (χ1v) is 8.71. The summed E-state index contributed by atoms with van der Waals surface area (Å²) >= 11 is 3.31. The van der Waals surface area contributed by atoms with E-state index in [0.29, 0.717) is 15.9 Å². The Hall–Kier alpha value is -1.31. The molecule has 2 rings (SSSR count). The van der Waals surface area contributed by atoms with Gasteiger partial charge in [0.05, 0.1) is 12.3 Å². The first-order valence-electron chi connectivity index (χ1n) is 6.44. The summed E-state index contributed by atoms with van der Waals surface area (Å²) in [5.74, 6) is 0. The molecule has 0 aliphatic heterocycles. The van der Waals surface area contributed by atoms with E-state index in [0.717, 1.165) is 0 Å². The summed E-state index contributed by atoms with van der Waals surface area (Å²) in [6.45, 7) is 3.65. The van der Waals surface area contributed by atoms with Crippen LogP contribution in [0.25, 0.3) is 0 Å². The van der Waals surface area contributed by atoms with Crippen LogP contribution in [0.2, 0.25) is 0 Å². The molecule has 1 heterocycles. The summed E-state index contributed by atoms with van der Waals surface area (Å²) in [7, 11) is -3.69. The molecule has 1 aromatic carbocycles. The SMILES string of the molecule is CC(C)n1cc(S(=O)(=O)Nc2ccccc2Br)cc1CO. The minimum atomic E-state index is -3.69. The van der Waals surface area contributed by atoms with Gasteiger partial charge in [-0.1, -0.05) is 12.1 Å². The molecule has 5 nitrogen and oxygen atoms in total. The van der Waals surface area contributed by atoms with Crippen LogP contribution in [-0.4, -0.2) is 18.1 Å². The predicted molar refractivity (Wildman–Crippen MR) is 85.7 cm³/mol. The molecule has 1 aromatic heterocycles. The Kier molecular flexibility index (Phi) is 4.75. The van der Waals surface area contributed by atoms with E-state index in [4.69, 9.17) is 0 Å². The molecule has 0 fully saturated rings. The minimum absolute atomic E-state index is 0.0690. The van der Waals surface area contributed by atoms with Crippen molar-refractivity contribution in [3.63, 3.8) is 0 Å². The van der Waals surface area contributed by atoms with Crippen LogP contribution in [0.5, 0.6) is 0 Å². The highest BCUT2D eigenvalue weighted by molar-refractivity contribution is 9.10. The zero-order chi connectivity index (χ0) is 15.6. The van der Waals surface area contributed by atoms with Crippen molar-refractivity contribution in [2.24, 2.45) is 0 Å². The van der Waals surface area contributed by atoms with Gasteiger partial charge in [-0.15, -0.1) is 0 Å². The van der Waals surface area contributed by atoms with Crippen LogP contribution < -0.4 is 4.72 Å². The maximum absolute atomic E-state index is 12.4. The van der Waals surface area contributed by atoms with Crippen LogP contribution >= 0.6 is 15.9 Å². The molecule has 7 heteroatoms. The smallest absolute Gasteiger partial charge is 0.263 e. The quantitative estimate of drug-likeness (QED) is 0.846. The molecule has 2 aromatic rings. The predicted octanol–water partition coefficient (Wildman–Crippen LogP) is 3.12. The zero-order valence-corrected chi connectivity index (χ0v) is 14.1. The molecule has 0 spiro atoms. The van der Waals surface area contributed by atoms with Gasteiger partial charge in [0.2, 0.25) is 0 Å². The zero-order valence-electron chi connectivity index (χ0n) is 11.7. The van der Waals surface area contributed by atoms with E-state index in [2.05, 4.69) is 20.7 Å². The average molecular weight is 373 g/mol. The highest BCUT2D eigenvalue weighted by Gasteiger charge is 2.20. The van der Waals surface area contributed by atoms with Crippen molar-refractivity contribution in [2.75, 3.05) is 4.72 Å². The van der Waals surface area contributed by atoms with Crippen molar-refractivity contribution in [3.05, 3.63) is 46.7 Å². The number of aliphatic hydroxyl groups excluding tert-OH is 1. The third-order valence-electron chi connectivity index (χ3n) is 3.05. The number of benzene rings is 1. The van der Waals surface area contributed by atoms with E-state index >= 15 is 0 Å². The van der Waals surface area contributed by atoms with Crippen LogP contribution in [0.3, 0.4) is 0 Å². The molecule has 0 saturated heterocycles. The number of anilines is 1. The fourth-order valence-electron chi connectivity index (χ4n) is 2.00. The largest absolute Gasteiger partial charge is 0.390 e. The Labute approximate surface area is 132 Å². The minimum Gasteiger partial charge on any atom is -0.390 e. The fourth-order valence-corrected chi connectivity index (χ4v) is 3.64. The molecule has 0 bridgehead atoms. The van der Waals surface area contributed by atoms with Gasteiger partial charge in [-0.2, -0.15) is 0 Å². The van der Waals surface area contributed by atoms with Gasteiger partial charge >= 0.3 is 0 Å². The number of rotatable bonds is 5. The van der Waals surface area contributed by atoms with E-state index in [9.17, 15) is 13.5 Å². The molecule has 0 amide bonds. The second-order valence-electron chi connectivity index (χ2n) is 4.91. The Bertz CT molecular complexity index is 738. The molecule has 0 aliphatic carbocycles. The van der Waals surface area contributed by atoms with Crippen molar-refractivity contribution in [1.82, 2.24) is 4.57 Å². The van der Waals surface area contributed by atoms with Crippen LogP contribution in [0, 0.1) is 0 Å². The topological polar surface area (TPSA) is 71.3 Å². The lowest BCUT2D eigenvalue weighted by atomic mass is 10.3. The second kappa shape index (κ2) is 6.21. The number of hydrogen-bond acceptors (Lipinski definition) is 3. The molecule has 0 radical (unpaired) electrons. The normalized spacial score (nSPS) is 11.9. The average Bonchev–Trinajstić information content (AvgIpc) is 2.86. The molecule has 21 heavy (non-hydrogen) atoms. The monoisotopic (exact) mass is 372 g/mol. The Morgan fingerprint density at radius 1 is 1.33 bits per heavy atom. The van der Waals surface area contributed by atoms with Crippen molar-refractivity contribution in [1.29, 1.82) is 0 Å². The highest BCUT2D eigenvalue weighted by Crippen LogP contribution is 2.26. The molecular weight excluding hydrogens is 356 g/mol. The lowest BCUT2D eigenvalue weighted by Gasteiger charge is -2.10. The third kappa shape index (κ3) is 3.48. The summed E-state index contributed by atoms with van der Waals surface area (Å²) in [6, 6.07) is 8.55. The van der Waals surface area contributed by atoms with Crippen molar-refractivity contribution >= 4 is 31.6 Å². The first-order chi connectivity index (χ1) is 9.85. The standard InChI is InChI=1S/C14H17BrN2O3S/c1-10(2)17-8-12(7-11(17)9-18)21(19,20)16-14-6-4-3-5-13(14)15/h3-8,10,16,18H,9H2,1-2H3. The summed E-state index contributed by atoms with van der Waals surface area (Å²) in [6.07, 6.45) is 1.54. The fraction of sp³-hybridized carbons (Fsp3) is 0.286. The number of nitrogens with zero attached hydrogens (tertiary/aromatic N) is 1. The van der Waals surface area contributed by atoms with Crippen LogP contribution in [-0.2, 0) is 16.6 Å². The number of sulfonamides is 1. The van der Waals surface area contributed by atoms with Gasteiger partial charge in [-0.3, -0.25) is 4.72 Å². The first kappa shape index (κ1) is 16.1. The maximum Gasteiger partial charge on any atom is 0.263 e. The van der Waals surface area contributed by atoms with E-state index < -0.39 is 10.0 Å².